The molecule has 31 heavy (non-hydrogen) atoms. The number of nitrogens with zero attached hydrogens (tertiary/aromatic N) is 1. The topological polar surface area (TPSA) is 62.6 Å². The van der Waals surface area contributed by atoms with Gasteiger partial charge in [-0.3, -0.25) is 0 Å². The fraction of sp³-hybridized carbons (Fsp3) is 0.208. The minimum atomic E-state index is -0.622. The fourth-order valence-electron chi connectivity index (χ4n) is 3.43. The number of aromatic hydroxyl groups is 1. The largest absolute Gasteiger partial charge is 0.509 e. The lowest BCUT2D eigenvalue weighted by atomic mass is 9.91. The number of rotatable bonds is 6. The predicted molar refractivity (Wildman–Crippen MR) is 120 cm³/mol. The third-order valence-electron chi connectivity index (χ3n) is 5.33. The average Bonchev–Trinajstić information content (AvgIpc) is 2.69. The van der Waals surface area contributed by atoms with E-state index in [0.29, 0.717) is 38.9 Å². The van der Waals surface area contributed by atoms with E-state index in [4.69, 9.17) is 27.9 Å². The van der Waals surface area contributed by atoms with Gasteiger partial charge in [0.05, 0.1) is 0 Å². The van der Waals surface area contributed by atoms with E-state index in [-0.39, 0.29) is 18.1 Å². The van der Waals surface area contributed by atoms with Gasteiger partial charge in [0.25, 0.3) is 0 Å². The third kappa shape index (κ3) is 4.94. The molecule has 1 heterocycles. The number of aromatic nitrogens is 1. The fourth-order valence-corrected chi connectivity index (χ4v) is 4.03. The van der Waals surface area contributed by atoms with Crippen molar-refractivity contribution in [3.8, 4) is 22.6 Å². The van der Waals surface area contributed by atoms with Gasteiger partial charge in [-0.2, -0.15) is 4.39 Å². The molecule has 160 valence electrons. The number of hydrogen-bond donors (Lipinski definition) is 2. The Morgan fingerprint density at radius 1 is 1.06 bits per heavy atom. The Morgan fingerprint density at radius 3 is 2.45 bits per heavy atom. The van der Waals surface area contributed by atoms with Crippen LogP contribution < -0.4 is 4.74 Å². The molecule has 1 aliphatic carbocycles. The molecule has 3 aromatic rings. The van der Waals surface area contributed by atoms with Crippen LogP contribution in [0.2, 0.25) is 10.0 Å². The first-order chi connectivity index (χ1) is 14.9. The second kappa shape index (κ2) is 9.16. The highest BCUT2D eigenvalue weighted by molar-refractivity contribution is 6.36. The first-order valence-corrected chi connectivity index (χ1v) is 10.6. The molecule has 2 N–H and O–H groups in total. The van der Waals surface area contributed by atoms with Crippen LogP contribution in [0, 0.1) is 5.95 Å². The number of aliphatic hydroxyl groups is 1. The molecule has 4 rings (SSSR count). The summed E-state index contributed by atoms with van der Waals surface area (Å²) in [5, 5.41) is 21.1. The Labute approximate surface area is 189 Å². The summed E-state index contributed by atoms with van der Waals surface area (Å²) < 4.78 is 19.1. The molecular weight excluding hydrogens is 440 g/mol. The number of aliphatic hydroxyl groups excluding tert-OH is 1. The molecule has 0 saturated heterocycles. The van der Waals surface area contributed by atoms with Crippen LogP contribution in [0.15, 0.2) is 60.0 Å². The first kappa shape index (κ1) is 21.5. The molecule has 4 nitrogen and oxygen atoms in total. The van der Waals surface area contributed by atoms with E-state index < -0.39 is 5.95 Å². The maximum atomic E-state index is 13.5. The number of phenols is 1. The van der Waals surface area contributed by atoms with Gasteiger partial charge in [0.15, 0.2) is 0 Å². The second-order valence-electron chi connectivity index (χ2n) is 7.45. The molecule has 0 amide bonds. The molecule has 0 atom stereocenters. The molecule has 2 aromatic carbocycles. The lowest BCUT2D eigenvalue weighted by Crippen LogP contribution is -2.09. The zero-order chi connectivity index (χ0) is 22.0. The second-order valence-corrected chi connectivity index (χ2v) is 8.27. The van der Waals surface area contributed by atoms with E-state index in [1.807, 2.05) is 0 Å². The SMILES string of the molecule is OC(COc1cc(Cl)c(Cc2ccc(O)c(-c3ccnc(F)c3)c2)c(Cl)c1)=C1CCC1. The van der Waals surface area contributed by atoms with Crippen molar-refractivity contribution in [1.29, 1.82) is 0 Å². The van der Waals surface area contributed by atoms with Gasteiger partial charge in [-0.15, -0.1) is 0 Å². The van der Waals surface area contributed by atoms with Crippen molar-refractivity contribution in [2.24, 2.45) is 0 Å². The maximum Gasteiger partial charge on any atom is 0.213 e. The highest BCUT2D eigenvalue weighted by Gasteiger charge is 2.16. The van der Waals surface area contributed by atoms with Gasteiger partial charge < -0.3 is 14.9 Å². The standard InChI is InChI=1S/C24H20Cl2FNO3/c25-20-11-17(31-13-23(30)15-2-1-3-15)12-21(26)19(20)9-14-4-5-22(29)18(8-14)16-6-7-28-24(27)10-16/h4-8,10-12,29-30H,1-3,9,13H2. The summed E-state index contributed by atoms with van der Waals surface area (Å²) in [5.74, 6) is 0.161. The molecular formula is C24H20Cl2FNO3. The van der Waals surface area contributed by atoms with Crippen LogP contribution in [0.25, 0.3) is 11.1 Å². The van der Waals surface area contributed by atoms with Crippen LogP contribution in [0.1, 0.15) is 30.4 Å². The maximum absolute atomic E-state index is 13.5. The third-order valence-corrected chi connectivity index (χ3v) is 6.01. The quantitative estimate of drug-likeness (QED) is 0.312. The number of pyridine rings is 1. The summed E-state index contributed by atoms with van der Waals surface area (Å²) in [7, 11) is 0. The highest BCUT2D eigenvalue weighted by atomic mass is 35.5. The first-order valence-electron chi connectivity index (χ1n) is 9.85. The summed E-state index contributed by atoms with van der Waals surface area (Å²) in [6.45, 7) is 0.0884. The molecule has 1 aromatic heterocycles. The molecule has 1 fully saturated rings. The van der Waals surface area contributed by atoms with Crippen LogP contribution >= 0.6 is 23.2 Å². The van der Waals surface area contributed by atoms with E-state index in [1.54, 1.807) is 36.4 Å². The molecule has 7 heteroatoms. The minimum Gasteiger partial charge on any atom is -0.509 e. The summed E-state index contributed by atoms with van der Waals surface area (Å²) >= 11 is 12.9. The molecule has 0 spiro atoms. The predicted octanol–water partition coefficient (Wildman–Crippen LogP) is 6.87. The molecule has 1 aliphatic rings. The van der Waals surface area contributed by atoms with Gasteiger partial charge in [0, 0.05) is 34.3 Å². The number of phenolic OH excluding ortho intramolecular Hbond substituents is 1. The smallest absolute Gasteiger partial charge is 0.213 e. The minimum absolute atomic E-state index is 0.0377. The van der Waals surface area contributed by atoms with Gasteiger partial charge in [-0.05, 0) is 71.9 Å². The molecule has 0 aliphatic heterocycles. The van der Waals surface area contributed by atoms with Crippen LogP contribution in [-0.2, 0) is 6.42 Å². The lowest BCUT2D eigenvalue weighted by Gasteiger charge is -2.19. The number of hydrogen-bond acceptors (Lipinski definition) is 4. The molecule has 0 unspecified atom stereocenters. The lowest BCUT2D eigenvalue weighted by molar-refractivity contribution is 0.260. The normalized spacial score (nSPS) is 13.1. The number of halogens is 3. The average molecular weight is 460 g/mol. The van der Waals surface area contributed by atoms with Crippen molar-refractivity contribution in [1.82, 2.24) is 4.98 Å². The van der Waals surface area contributed by atoms with Crippen molar-refractivity contribution >= 4 is 23.2 Å². The Bertz CT molecular complexity index is 1130. The number of ether oxygens (including phenoxy) is 1. The van der Waals surface area contributed by atoms with Crippen LogP contribution in [0.4, 0.5) is 4.39 Å². The molecule has 0 radical (unpaired) electrons. The van der Waals surface area contributed by atoms with E-state index in [2.05, 4.69) is 4.98 Å². The summed E-state index contributed by atoms with van der Waals surface area (Å²) in [5.41, 5.74) is 3.59. The van der Waals surface area contributed by atoms with Crippen LogP contribution in [-0.4, -0.2) is 21.8 Å². The van der Waals surface area contributed by atoms with Crippen molar-refractivity contribution in [3.63, 3.8) is 0 Å². The zero-order valence-corrected chi connectivity index (χ0v) is 18.0. The van der Waals surface area contributed by atoms with Gasteiger partial charge in [-0.25, -0.2) is 4.98 Å². The van der Waals surface area contributed by atoms with Gasteiger partial charge >= 0.3 is 0 Å². The monoisotopic (exact) mass is 459 g/mol. The van der Waals surface area contributed by atoms with Crippen LogP contribution in [0.3, 0.4) is 0 Å². The van der Waals surface area contributed by atoms with Gasteiger partial charge in [-0.1, -0.05) is 29.3 Å². The van der Waals surface area contributed by atoms with E-state index in [0.717, 1.165) is 30.4 Å². The van der Waals surface area contributed by atoms with Crippen molar-refractivity contribution in [3.05, 3.63) is 87.1 Å². The summed E-state index contributed by atoms with van der Waals surface area (Å²) in [6.07, 6.45) is 4.68. The molecule has 1 saturated carbocycles. The summed E-state index contributed by atoms with van der Waals surface area (Å²) in [6, 6.07) is 11.3. The zero-order valence-electron chi connectivity index (χ0n) is 16.5. The molecule has 0 bridgehead atoms. The highest BCUT2D eigenvalue weighted by Crippen LogP contribution is 2.35. The van der Waals surface area contributed by atoms with Crippen molar-refractivity contribution in [2.75, 3.05) is 6.61 Å². The Balaban J connectivity index is 1.54. The Kier molecular flexibility index (Phi) is 6.35. The van der Waals surface area contributed by atoms with E-state index >= 15 is 0 Å². The number of benzene rings is 2. The van der Waals surface area contributed by atoms with E-state index in [1.165, 1.54) is 12.3 Å². The summed E-state index contributed by atoms with van der Waals surface area (Å²) in [4.78, 5) is 3.55. The van der Waals surface area contributed by atoms with Gasteiger partial charge in [0.1, 0.15) is 23.9 Å². The Morgan fingerprint density at radius 2 is 1.81 bits per heavy atom. The van der Waals surface area contributed by atoms with Crippen molar-refractivity contribution in [2.45, 2.75) is 25.7 Å². The number of allylic oxidation sites excluding steroid dienone is 1. The van der Waals surface area contributed by atoms with E-state index in [9.17, 15) is 14.6 Å². The van der Waals surface area contributed by atoms with Gasteiger partial charge in [0.2, 0.25) is 5.95 Å². The van der Waals surface area contributed by atoms with Crippen LogP contribution in [0.5, 0.6) is 11.5 Å². The van der Waals surface area contributed by atoms with Crippen molar-refractivity contribution < 1.29 is 19.3 Å². The Hall–Kier alpha value is -2.76.